The Labute approximate surface area is 135 Å². The van der Waals surface area contributed by atoms with E-state index in [-0.39, 0.29) is 16.8 Å². The molecule has 1 amide bonds. The van der Waals surface area contributed by atoms with Crippen LogP contribution in [-0.2, 0) is 6.42 Å². The quantitative estimate of drug-likeness (QED) is 0.600. The van der Waals surface area contributed by atoms with Crippen LogP contribution in [-0.4, -0.2) is 16.1 Å². The van der Waals surface area contributed by atoms with Crippen LogP contribution in [0.3, 0.4) is 0 Å². The number of anilines is 1. The van der Waals surface area contributed by atoms with Gasteiger partial charge in [0.05, 0.1) is 5.69 Å². The number of hydrogen-bond acceptors (Lipinski definition) is 3. The zero-order chi connectivity index (χ0) is 16.1. The van der Waals surface area contributed by atoms with E-state index in [1.807, 2.05) is 25.1 Å². The first-order valence-corrected chi connectivity index (χ1v) is 7.41. The van der Waals surface area contributed by atoms with Gasteiger partial charge >= 0.3 is 0 Å². The molecule has 0 saturated carbocycles. The van der Waals surface area contributed by atoms with Gasteiger partial charge in [-0.15, -0.1) is 0 Å². The number of nitrogens with one attached hydrogen (secondary N) is 2. The first-order valence-electron chi connectivity index (χ1n) is 7.00. The molecule has 3 N–H and O–H groups in total. The molecule has 0 fully saturated rings. The predicted molar refractivity (Wildman–Crippen MR) is 92.4 cm³/mol. The minimum absolute atomic E-state index is 0.0869. The second kappa shape index (κ2) is 7.04. The Hall–Kier alpha value is -2.40. The fourth-order valence-corrected chi connectivity index (χ4v) is 2.17. The predicted octanol–water partition coefficient (Wildman–Crippen LogP) is 3.39. The minimum atomic E-state index is -0.285. The van der Waals surface area contributed by atoms with Crippen molar-refractivity contribution in [3.8, 4) is 5.75 Å². The van der Waals surface area contributed by atoms with Gasteiger partial charge in [-0.25, -0.2) is 0 Å². The highest BCUT2D eigenvalue weighted by molar-refractivity contribution is 7.80. The van der Waals surface area contributed by atoms with Gasteiger partial charge in [0.25, 0.3) is 5.91 Å². The van der Waals surface area contributed by atoms with E-state index in [1.165, 1.54) is 5.56 Å². The highest BCUT2D eigenvalue weighted by Gasteiger charge is 2.09. The molecule has 22 heavy (non-hydrogen) atoms. The molecule has 0 saturated heterocycles. The van der Waals surface area contributed by atoms with Gasteiger partial charge in [0.1, 0.15) is 5.75 Å². The molecule has 0 aromatic heterocycles. The highest BCUT2D eigenvalue weighted by atomic mass is 32.1. The van der Waals surface area contributed by atoms with Crippen LogP contribution in [0.25, 0.3) is 0 Å². The molecule has 5 heteroatoms. The molecule has 0 bridgehead atoms. The molecule has 114 valence electrons. The maximum absolute atomic E-state index is 12.1. The van der Waals surface area contributed by atoms with Gasteiger partial charge in [0, 0.05) is 5.56 Å². The molecular weight excluding hydrogens is 296 g/mol. The van der Waals surface area contributed by atoms with Crippen molar-refractivity contribution in [1.82, 2.24) is 5.32 Å². The number of phenolic OH excluding ortho intramolecular Hbond substituents is 1. The number of carbonyl (C=O) groups excluding carboxylic acids is 1. The van der Waals surface area contributed by atoms with Crippen molar-refractivity contribution >= 4 is 28.9 Å². The Morgan fingerprint density at radius 2 is 1.86 bits per heavy atom. The van der Waals surface area contributed by atoms with E-state index >= 15 is 0 Å². The number of benzene rings is 2. The summed E-state index contributed by atoms with van der Waals surface area (Å²) in [5, 5.41) is 15.4. The normalized spacial score (nSPS) is 10.1. The molecule has 0 spiro atoms. The van der Waals surface area contributed by atoms with Gasteiger partial charge in [-0.05, 0) is 61.0 Å². The van der Waals surface area contributed by atoms with Crippen LogP contribution in [0.15, 0.2) is 42.5 Å². The lowest BCUT2D eigenvalue weighted by atomic mass is 10.1. The molecular formula is C17H18N2O2S. The Kier molecular flexibility index (Phi) is 5.12. The van der Waals surface area contributed by atoms with Crippen LogP contribution in [0.1, 0.15) is 28.4 Å². The van der Waals surface area contributed by atoms with Crippen molar-refractivity contribution in [1.29, 1.82) is 0 Å². The standard InChI is InChI=1S/C17H18N2O2S/c1-3-12-5-7-13(8-6-12)16(21)19-17(22)18-14-9-4-11(2)10-15(14)20/h4-10,20H,3H2,1-2H3,(H2,18,19,21,22). The van der Waals surface area contributed by atoms with Gasteiger partial charge in [-0.3, -0.25) is 10.1 Å². The maximum atomic E-state index is 12.1. The summed E-state index contributed by atoms with van der Waals surface area (Å²) in [6.07, 6.45) is 0.925. The number of hydrogen-bond donors (Lipinski definition) is 3. The third-order valence-electron chi connectivity index (χ3n) is 3.25. The number of carbonyl (C=O) groups is 1. The minimum Gasteiger partial charge on any atom is -0.506 e. The van der Waals surface area contributed by atoms with Crippen molar-refractivity contribution in [2.75, 3.05) is 5.32 Å². The van der Waals surface area contributed by atoms with Crippen LogP contribution in [0, 0.1) is 6.92 Å². The van der Waals surface area contributed by atoms with E-state index in [0.29, 0.717) is 11.3 Å². The average molecular weight is 314 g/mol. The lowest BCUT2D eigenvalue weighted by Crippen LogP contribution is -2.34. The summed E-state index contributed by atoms with van der Waals surface area (Å²) in [6, 6.07) is 12.5. The first-order chi connectivity index (χ1) is 10.5. The molecule has 0 aliphatic carbocycles. The number of aromatic hydroxyl groups is 1. The van der Waals surface area contributed by atoms with E-state index in [2.05, 4.69) is 17.6 Å². The molecule has 0 atom stereocenters. The number of amides is 1. The summed E-state index contributed by atoms with van der Waals surface area (Å²) in [6.45, 7) is 3.94. The van der Waals surface area contributed by atoms with Gasteiger partial charge in [-0.1, -0.05) is 25.1 Å². The van der Waals surface area contributed by atoms with Gasteiger partial charge in [0.2, 0.25) is 0 Å². The second-order valence-corrected chi connectivity index (χ2v) is 5.39. The molecule has 0 unspecified atom stereocenters. The van der Waals surface area contributed by atoms with Crippen LogP contribution in [0.5, 0.6) is 5.75 Å². The Bertz CT molecular complexity index is 696. The van der Waals surface area contributed by atoms with Crippen molar-refractivity contribution < 1.29 is 9.90 Å². The number of rotatable bonds is 3. The lowest BCUT2D eigenvalue weighted by Gasteiger charge is -2.11. The fraction of sp³-hybridized carbons (Fsp3) is 0.176. The van der Waals surface area contributed by atoms with Gasteiger partial charge in [0.15, 0.2) is 5.11 Å². The number of aryl methyl sites for hydroxylation is 2. The average Bonchev–Trinajstić information content (AvgIpc) is 2.50. The van der Waals surface area contributed by atoms with E-state index in [0.717, 1.165) is 12.0 Å². The summed E-state index contributed by atoms with van der Waals surface area (Å²) in [7, 11) is 0. The zero-order valence-corrected chi connectivity index (χ0v) is 13.3. The van der Waals surface area contributed by atoms with Crippen LogP contribution >= 0.6 is 12.2 Å². The molecule has 4 nitrogen and oxygen atoms in total. The summed E-state index contributed by atoms with van der Waals surface area (Å²) < 4.78 is 0. The van der Waals surface area contributed by atoms with E-state index in [1.54, 1.807) is 24.3 Å². The third-order valence-corrected chi connectivity index (χ3v) is 3.46. The molecule has 0 heterocycles. The molecule has 0 aliphatic rings. The smallest absolute Gasteiger partial charge is 0.257 e. The summed E-state index contributed by atoms with van der Waals surface area (Å²) in [5.74, 6) is -0.198. The zero-order valence-electron chi connectivity index (χ0n) is 12.5. The molecule has 2 rings (SSSR count). The SMILES string of the molecule is CCc1ccc(C(=O)NC(=S)Nc2ccc(C)cc2O)cc1. The Morgan fingerprint density at radius 1 is 1.18 bits per heavy atom. The van der Waals surface area contributed by atoms with Crippen molar-refractivity contribution in [3.05, 3.63) is 59.2 Å². The van der Waals surface area contributed by atoms with Crippen LogP contribution in [0.2, 0.25) is 0 Å². The monoisotopic (exact) mass is 314 g/mol. The van der Waals surface area contributed by atoms with Crippen molar-refractivity contribution in [2.45, 2.75) is 20.3 Å². The largest absolute Gasteiger partial charge is 0.506 e. The second-order valence-electron chi connectivity index (χ2n) is 4.98. The third kappa shape index (κ3) is 4.05. The van der Waals surface area contributed by atoms with E-state index in [9.17, 15) is 9.90 Å². The number of phenols is 1. The molecule has 2 aromatic rings. The van der Waals surface area contributed by atoms with E-state index in [4.69, 9.17) is 12.2 Å². The highest BCUT2D eigenvalue weighted by Crippen LogP contribution is 2.23. The molecule has 0 aliphatic heterocycles. The van der Waals surface area contributed by atoms with Gasteiger partial charge < -0.3 is 10.4 Å². The molecule has 0 radical (unpaired) electrons. The first kappa shape index (κ1) is 16.0. The lowest BCUT2D eigenvalue weighted by molar-refractivity contribution is 0.0977. The Morgan fingerprint density at radius 3 is 2.45 bits per heavy atom. The van der Waals surface area contributed by atoms with E-state index < -0.39 is 0 Å². The van der Waals surface area contributed by atoms with Crippen LogP contribution in [0.4, 0.5) is 5.69 Å². The fourth-order valence-electron chi connectivity index (χ4n) is 1.97. The summed E-state index contributed by atoms with van der Waals surface area (Å²) in [4.78, 5) is 12.1. The Balaban J connectivity index is 2.00. The summed E-state index contributed by atoms with van der Waals surface area (Å²) >= 11 is 5.10. The maximum Gasteiger partial charge on any atom is 0.257 e. The summed E-state index contributed by atoms with van der Waals surface area (Å²) in [5.41, 5.74) is 3.10. The van der Waals surface area contributed by atoms with Gasteiger partial charge in [-0.2, -0.15) is 0 Å². The molecule has 2 aromatic carbocycles. The number of thiocarbonyl (C=S) groups is 1. The van der Waals surface area contributed by atoms with Crippen molar-refractivity contribution in [3.63, 3.8) is 0 Å². The van der Waals surface area contributed by atoms with Crippen molar-refractivity contribution in [2.24, 2.45) is 0 Å². The topological polar surface area (TPSA) is 61.4 Å². The van der Waals surface area contributed by atoms with Crippen LogP contribution < -0.4 is 10.6 Å².